The Bertz CT molecular complexity index is 315. The number of benzene rings is 1. The highest BCUT2D eigenvalue weighted by Crippen LogP contribution is 2.27. The molecule has 1 aromatic carbocycles. The minimum Gasteiger partial charge on any atom is -0.492 e. The van der Waals surface area contributed by atoms with Crippen molar-refractivity contribution in [3.05, 3.63) is 23.2 Å². The van der Waals surface area contributed by atoms with Crippen molar-refractivity contribution < 1.29 is 4.74 Å². The smallest absolute Gasteiger partial charge is 0.138 e. The van der Waals surface area contributed by atoms with E-state index in [4.69, 9.17) is 16.3 Å². The summed E-state index contributed by atoms with van der Waals surface area (Å²) in [5.41, 5.74) is 1.06. The van der Waals surface area contributed by atoms with Crippen LogP contribution >= 0.6 is 11.6 Å². The number of rotatable bonds is 7. The molecule has 0 bridgehead atoms. The fourth-order valence-electron chi connectivity index (χ4n) is 1.49. The molecule has 0 spiro atoms. The van der Waals surface area contributed by atoms with E-state index in [9.17, 15) is 0 Å². The third-order valence-electron chi connectivity index (χ3n) is 2.34. The quantitative estimate of drug-likeness (QED) is 0.717. The molecular weight excluding hydrogens is 222 g/mol. The molecule has 1 aromatic rings. The third kappa shape index (κ3) is 4.31. The van der Waals surface area contributed by atoms with Crippen LogP contribution in [0.25, 0.3) is 0 Å². The zero-order valence-electron chi connectivity index (χ0n) is 10.1. The fourth-order valence-corrected chi connectivity index (χ4v) is 1.73. The Morgan fingerprint density at radius 2 is 2.06 bits per heavy atom. The molecule has 90 valence electrons. The molecule has 0 aliphatic rings. The van der Waals surface area contributed by atoms with Gasteiger partial charge in [-0.1, -0.05) is 31.4 Å². The number of nitrogens with one attached hydrogen (secondary N) is 1. The van der Waals surface area contributed by atoms with Crippen molar-refractivity contribution in [3.63, 3.8) is 0 Å². The molecule has 16 heavy (non-hydrogen) atoms. The van der Waals surface area contributed by atoms with Crippen LogP contribution < -0.4 is 10.1 Å². The predicted octanol–water partition coefficient (Wildman–Crippen LogP) is 4.34. The summed E-state index contributed by atoms with van der Waals surface area (Å²) >= 11 is 6.08. The Hall–Kier alpha value is -0.890. The van der Waals surface area contributed by atoms with Crippen molar-refractivity contribution in [2.24, 2.45) is 0 Å². The highest BCUT2D eigenvalue weighted by Gasteiger charge is 2.01. The van der Waals surface area contributed by atoms with E-state index in [1.807, 2.05) is 25.1 Å². The minimum atomic E-state index is 0.642. The van der Waals surface area contributed by atoms with Crippen LogP contribution in [-0.2, 0) is 0 Å². The molecule has 3 heteroatoms. The van der Waals surface area contributed by atoms with Crippen LogP contribution in [0.3, 0.4) is 0 Å². The second-order valence-corrected chi connectivity index (χ2v) is 4.12. The molecule has 0 saturated heterocycles. The third-order valence-corrected chi connectivity index (χ3v) is 2.64. The van der Waals surface area contributed by atoms with E-state index in [-0.39, 0.29) is 0 Å². The fraction of sp³-hybridized carbons (Fsp3) is 0.538. The van der Waals surface area contributed by atoms with Gasteiger partial charge in [0.1, 0.15) is 5.75 Å². The van der Waals surface area contributed by atoms with Gasteiger partial charge in [-0.15, -0.1) is 0 Å². The number of ether oxygens (including phenoxy) is 1. The van der Waals surface area contributed by atoms with E-state index in [2.05, 4.69) is 12.2 Å². The van der Waals surface area contributed by atoms with E-state index in [1.165, 1.54) is 19.3 Å². The van der Waals surface area contributed by atoms with Crippen molar-refractivity contribution in [2.75, 3.05) is 18.5 Å². The van der Waals surface area contributed by atoms with Crippen molar-refractivity contribution in [2.45, 2.75) is 33.1 Å². The zero-order valence-corrected chi connectivity index (χ0v) is 10.8. The van der Waals surface area contributed by atoms with Gasteiger partial charge in [-0.25, -0.2) is 0 Å². The molecule has 0 radical (unpaired) electrons. The minimum absolute atomic E-state index is 0.642. The Labute approximate surface area is 103 Å². The summed E-state index contributed by atoms with van der Waals surface area (Å²) in [7, 11) is 0. The highest BCUT2D eigenvalue weighted by molar-refractivity contribution is 6.32. The zero-order chi connectivity index (χ0) is 11.8. The molecular formula is C13H20ClNO. The van der Waals surface area contributed by atoms with Crippen LogP contribution in [0.4, 0.5) is 5.69 Å². The lowest BCUT2D eigenvalue weighted by molar-refractivity contribution is 0.340. The summed E-state index contributed by atoms with van der Waals surface area (Å²) in [4.78, 5) is 0. The lowest BCUT2D eigenvalue weighted by Crippen LogP contribution is -2.01. The summed E-state index contributed by atoms with van der Waals surface area (Å²) in [6.45, 7) is 5.79. The number of unbranched alkanes of at least 4 members (excludes halogenated alkanes) is 2. The van der Waals surface area contributed by atoms with Gasteiger partial charge in [-0.05, 0) is 31.5 Å². The van der Waals surface area contributed by atoms with Gasteiger partial charge in [0.25, 0.3) is 0 Å². The van der Waals surface area contributed by atoms with Crippen LogP contribution in [0.5, 0.6) is 5.75 Å². The van der Waals surface area contributed by atoms with Crippen LogP contribution in [0.1, 0.15) is 33.1 Å². The first kappa shape index (κ1) is 13.2. The van der Waals surface area contributed by atoms with Gasteiger partial charge in [0.15, 0.2) is 0 Å². The number of halogens is 1. The van der Waals surface area contributed by atoms with Crippen LogP contribution in [0, 0.1) is 0 Å². The Morgan fingerprint density at radius 3 is 2.69 bits per heavy atom. The molecule has 0 saturated carbocycles. The maximum Gasteiger partial charge on any atom is 0.138 e. The Morgan fingerprint density at radius 1 is 1.25 bits per heavy atom. The van der Waals surface area contributed by atoms with Gasteiger partial charge < -0.3 is 10.1 Å². The summed E-state index contributed by atoms with van der Waals surface area (Å²) < 4.78 is 5.37. The van der Waals surface area contributed by atoms with E-state index in [0.717, 1.165) is 18.0 Å². The second kappa shape index (κ2) is 7.39. The first-order valence-electron chi connectivity index (χ1n) is 5.94. The first-order valence-corrected chi connectivity index (χ1v) is 6.32. The SMILES string of the molecule is CCCCCNc1ccc(OCC)c(Cl)c1. The van der Waals surface area contributed by atoms with Crippen LogP contribution in [0.2, 0.25) is 5.02 Å². The maximum absolute atomic E-state index is 6.08. The molecule has 1 N–H and O–H groups in total. The standard InChI is InChI=1S/C13H20ClNO/c1-3-5-6-9-15-11-7-8-13(16-4-2)12(14)10-11/h7-8,10,15H,3-6,9H2,1-2H3. The molecule has 0 atom stereocenters. The van der Waals surface area contributed by atoms with Crippen molar-refractivity contribution >= 4 is 17.3 Å². The second-order valence-electron chi connectivity index (χ2n) is 3.71. The summed E-state index contributed by atoms with van der Waals surface area (Å²) in [5.74, 6) is 0.753. The van der Waals surface area contributed by atoms with Gasteiger partial charge in [-0.2, -0.15) is 0 Å². The molecule has 1 rings (SSSR count). The van der Waals surface area contributed by atoms with E-state index in [0.29, 0.717) is 11.6 Å². The lowest BCUT2D eigenvalue weighted by atomic mass is 10.2. The van der Waals surface area contributed by atoms with Gasteiger partial charge in [0, 0.05) is 12.2 Å². The van der Waals surface area contributed by atoms with Gasteiger partial charge >= 0.3 is 0 Å². The van der Waals surface area contributed by atoms with Gasteiger partial charge in [-0.3, -0.25) is 0 Å². The molecule has 0 unspecified atom stereocenters. The highest BCUT2D eigenvalue weighted by atomic mass is 35.5. The molecule has 0 heterocycles. The van der Waals surface area contributed by atoms with Gasteiger partial charge in [0.05, 0.1) is 11.6 Å². The molecule has 2 nitrogen and oxygen atoms in total. The molecule has 0 fully saturated rings. The summed E-state index contributed by atoms with van der Waals surface area (Å²) in [6, 6.07) is 5.83. The molecule has 0 aliphatic carbocycles. The predicted molar refractivity (Wildman–Crippen MR) is 70.6 cm³/mol. The molecule has 0 aromatic heterocycles. The Balaban J connectivity index is 2.46. The largest absolute Gasteiger partial charge is 0.492 e. The van der Waals surface area contributed by atoms with Crippen LogP contribution in [-0.4, -0.2) is 13.2 Å². The lowest BCUT2D eigenvalue weighted by Gasteiger charge is -2.09. The summed E-state index contributed by atoms with van der Waals surface area (Å²) in [6.07, 6.45) is 3.70. The maximum atomic E-state index is 6.08. The normalized spacial score (nSPS) is 10.2. The summed E-state index contributed by atoms with van der Waals surface area (Å²) in [5, 5.41) is 4.02. The van der Waals surface area contributed by atoms with Crippen molar-refractivity contribution in [3.8, 4) is 5.75 Å². The Kier molecular flexibility index (Phi) is 6.09. The average Bonchev–Trinajstić information content (AvgIpc) is 2.28. The van der Waals surface area contributed by atoms with E-state index >= 15 is 0 Å². The first-order chi connectivity index (χ1) is 7.77. The number of anilines is 1. The molecule has 0 aliphatic heterocycles. The van der Waals surface area contributed by atoms with Crippen molar-refractivity contribution in [1.82, 2.24) is 0 Å². The number of hydrogen-bond donors (Lipinski definition) is 1. The van der Waals surface area contributed by atoms with Crippen LogP contribution in [0.15, 0.2) is 18.2 Å². The van der Waals surface area contributed by atoms with Crippen molar-refractivity contribution in [1.29, 1.82) is 0 Å². The topological polar surface area (TPSA) is 21.3 Å². The average molecular weight is 242 g/mol. The number of hydrogen-bond acceptors (Lipinski definition) is 2. The van der Waals surface area contributed by atoms with E-state index in [1.54, 1.807) is 0 Å². The van der Waals surface area contributed by atoms with Gasteiger partial charge in [0.2, 0.25) is 0 Å². The monoisotopic (exact) mass is 241 g/mol. The van der Waals surface area contributed by atoms with E-state index < -0.39 is 0 Å². The molecule has 0 amide bonds.